The van der Waals surface area contributed by atoms with E-state index in [1.54, 1.807) is 6.92 Å². The van der Waals surface area contributed by atoms with Gasteiger partial charge in [-0.1, -0.05) is 0 Å². The van der Waals surface area contributed by atoms with E-state index in [9.17, 15) is 4.79 Å². The summed E-state index contributed by atoms with van der Waals surface area (Å²) in [5, 5.41) is 9.54. The van der Waals surface area contributed by atoms with Gasteiger partial charge in [-0.25, -0.2) is 14.9 Å². The van der Waals surface area contributed by atoms with Gasteiger partial charge in [0, 0.05) is 0 Å². The van der Waals surface area contributed by atoms with E-state index in [1.165, 1.54) is 0 Å². The molecule has 2 aromatic heterocycles. The molecule has 0 saturated heterocycles. The predicted octanol–water partition coefficient (Wildman–Crippen LogP) is -1.30. The predicted molar refractivity (Wildman–Crippen MR) is 40.6 cm³/mol. The zero-order valence-electron chi connectivity index (χ0n) is 6.27. The number of hydrogen-bond donors (Lipinski definition) is 2. The van der Waals surface area contributed by atoms with Crippen molar-refractivity contribution in [2.45, 2.75) is 6.92 Å². The van der Waals surface area contributed by atoms with Crippen molar-refractivity contribution in [3.05, 3.63) is 16.3 Å². The molecule has 3 N–H and O–H groups in total. The number of H-pyrrole nitrogens is 1. The molecular formula is C5H6N6O. The minimum Gasteiger partial charge on any atom is -0.379 e. The zero-order chi connectivity index (χ0) is 8.72. The van der Waals surface area contributed by atoms with Gasteiger partial charge < -0.3 is 5.73 Å². The molecule has 0 atom stereocenters. The van der Waals surface area contributed by atoms with Gasteiger partial charge in [-0.2, -0.15) is 4.52 Å². The van der Waals surface area contributed by atoms with Crippen LogP contribution in [0.15, 0.2) is 4.79 Å². The van der Waals surface area contributed by atoms with E-state index < -0.39 is 5.69 Å². The number of aromatic amines is 1. The molecule has 0 bridgehead atoms. The van der Waals surface area contributed by atoms with Gasteiger partial charge in [0.1, 0.15) is 5.82 Å². The number of nitrogens with one attached hydrogen (secondary N) is 1. The van der Waals surface area contributed by atoms with Crippen LogP contribution in [0.5, 0.6) is 0 Å². The summed E-state index contributed by atoms with van der Waals surface area (Å²) in [6.45, 7) is 1.67. The first-order valence-corrected chi connectivity index (χ1v) is 3.26. The van der Waals surface area contributed by atoms with E-state index in [2.05, 4.69) is 20.3 Å². The van der Waals surface area contributed by atoms with Gasteiger partial charge in [0.25, 0.3) is 0 Å². The van der Waals surface area contributed by atoms with Gasteiger partial charge in [-0.3, -0.25) is 0 Å². The fraction of sp³-hybridized carbons (Fsp3) is 0.200. The summed E-state index contributed by atoms with van der Waals surface area (Å²) in [5.41, 5.74) is 5.28. The highest BCUT2D eigenvalue weighted by molar-refractivity contribution is 5.57. The maximum absolute atomic E-state index is 11.0. The van der Waals surface area contributed by atoms with Crippen LogP contribution in [0.3, 0.4) is 0 Å². The summed E-state index contributed by atoms with van der Waals surface area (Å²) in [4.78, 5) is 14.9. The van der Waals surface area contributed by atoms with Crippen molar-refractivity contribution in [2.24, 2.45) is 0 Å². The average Bonchev–Trinajstić information content (AvgIpc) is 2.41. The number of fused-ring (bicyclic) bond motifs is 1. The molecule has 0 aromatic carbocycles. The van der Waals surface area contributed by atoms with Gasteiger partial charge in [0.15, 0.2) is 5.82 Å². The third kappa shape index (κ3) is 0.760. The second-order valence-electron chi connectivity index (χ2n) is 2.31. The Morgan fingerprint density at radius 2 is 2.33 bits per heavy atom. The minimum atomic E-state index is -0.445. The molecule has 0 saturated carbocycles. The lowest BCUT2D eigenvalue weighted by Crippen LogP contribution is -2.20. The van der Waals surface area contributed by atoms with Crippen molar-refractivity contribution in [1.29, 1.82) is 0 Å². The van der Waals surface area contributed by atoms with Gasteiger partial charge in [-0.05, 0) is 6.92 Å². The molecule has 0 fully saturated rings. The maximum Gasteiger partial charge on any atom is 0.364 e. The number of nitrogens with two attached hydrogens (primary N) is 1. The van der Waals surface area contributed by atoms with Crippen LogP contribution in [0.4, 0.5) is 5.82 Å². The summed E-state index contributed by atoms with van der Waals surface area (Å²) in [5.74, 6) is 0.649. The number of anilines is 1. The van der Waals surface area contributed by atoms with Crippen LogP contribution in [-0.2, 0) is 0 Å². The largest absolute Gasteiger partial charge is 0.379 e. The van der Waals surface area contributed by atoms with Crippen LogP contribution in [0.25, 0.3) is 5.65 Å². The van der Waals surface area contributed by atoms with Crippen molar-refractivity contribution in [3.63, 3.8) is 0 Å². The van der Waals surface area contributed by atoms with Crippen LogP contribution in [0, 0.1) is 6.92 Å². The molecule has 0 aliphatic carbocycles. The highest BCUT2D eigenvalue weighted by Crippen LogP contribution is 2.01. The van der Waals surface area contributed by atoms with Gasteiger partial charge >= 0.3 is 5.69 Å². The molecule has 0 amide bonds. The second-order valence-corrected chi connectivity index (χ2v) is 2.31. The second kappa shape index (κ2) is 2.03. The molecular weight excluding hydrogens is 160 g/mol. The Morgan fingerprint density at radius 3 is 3.00 bits per heavy atom. The van der Waals surface area contributed by atoms with Crippen molar-refractivity contribution in [3.8, 4) is 0 Å². The third-order valence-corrected chi connectivity index (χ3v) is 1.41. The first-order chi connectivity index (χ1) is 5.68. The van der Waals surface area contributed by atoms with E-state index in [0.29, 0.717) is 5.82 Å². The molecule has 0 spiro atoms. The van der Waals surface area contributed by atoms with E-state index in [0.717, 1.165) is 4.52 Å². The molecule has 0 radical (unpaired) electrons. The van der Waals surface area contributed by atoms with Crippen LogP contribution >= 0.6 is 0 Å². The molecule has 0 aliphatic rings. The van der Waals surface area contributed by atoms with Crippen molar-refractivity contribution >= 4 is 11.5 Å². The normalized spacial score (nSPS) is 10.8. The highest BCUT2D eigenvalue weighted by Gasteiger charge is 2.06. The summed E-state index contributed by atoms with van der Waals surface area (Å²) >= 11 is 0. The standard InChI is InChI=1S/C5H6N6O/c1-2-7-4-3(6)8-9-5(12)11(4)10-2/h1H3,(H2,6,8)(H,9,12). The molecule has 0 aliphatic heterocycles. The van der Waals surface area contributed by atoms with Crippen molar-refractivity contribution < 1.29 is 0 Å². The SMILES string of the molecule is Cc1nc2c(N)n[nH]c(=O)n2n1. The number of aromatic nitrogens is 5. The van der Waals surface area contributed by atoms with Crippen LogP contribution < -0.4 is 11.4 Å². The van der Waals surface area contributed by atoms with E-state index in [1.807, 2.05) is 0 Å². The van der Waals surface area contributed by atoms with E-state index in [-0.39, 0.29) is 11.5 Å². The van der Waals surface area contributed by atoms with E-state index >= 15 is 0 Å². The average molecular weight is 166 g/mol. The molecule has 7 heteroatoms. The molecule has 12 heavy (non-hydrogen) atoms. The molecule has 0 unspecified atom stereocenters. The van der Waals surface area contributed by atoms with Gasteiger partial charge in [0.2, 0.25) is 5.65 Å². The Balaban J connectivity index is 3.03. The summed E-state index contributed by atoms with van der Waals surface area (Å²) in [6, 6.07) is 0. The highest BCUT2D eigenvalue weighted by atomic mass is 16.1. The Hall–Kier alpha value is -1.92. The monoisotopic (exact) mass is 166 g/mol. The Labute approximate surface area is 66.2 Å². The number of nitrogens with zero attached hydrogens (tertiary/aromatic N) is 4. The van der Waals surface area contributed by atoms with Crippen LogP contribution in [0.2, 0.25) is 0 Å². The number of rotatable bonds is 0. The van der Waals surface area contributed by atoms with Crippen LogP contribution in [-0.4, -0.2) is 24.8 Å². The zero-order valence-corrected chi connectivity index (χ0v) is 6.27. The smallest absolute Gasteiger partial charge is 0.364 e. The first kappa shape index (κ1) is 6.77. The lowest BCUT2D eigenvalue weighted by Gasteiger charge is -1.90. The number of aryl methyl sites for hydroxylation is 1. The molecule has 2 aromatic rings. The fourth-order valence-electron chi connectivity index (χ4n) is 0.928. The lowest BCUT2D eigenvalue weighted by atomic mass is 10.7. The molecule has 2 rings (SSSR count). The first-order valence-electron chi connectivity index (χ1n) is 3.26. The fourth-order valence-corrected chi connectivity index (χ4v) is 0.928. The maximum atomic E-state index is 11.0. The summed E-state index contributed by atoms with van der Waals surface area (Å²) < 4.78 is 1.08. The number of hydrogen-bond acceptors (Lipinski definition) is 5. The van der Waals surface area contributed by atoms with Crippen LogP contribution in [0.1, 0.15) is 5.82 Å². The summed E-state index contributed by atoms with van der Waals surface area (Å²) in [6.07, 6.45) is 0. The Morgan fingerprint density at radius 1 is 1.58 bits per heavy atom. The topological polar surface area (TPSA) is 102 Å². The third-order valence-electron chi connectivity index (χ3n) is 1.41. The van der Waals surface area contributed by atoms with E-state index in [4.69, 9.17) is 5.73 Å². The molecule has 7 nitrogen and oxygen atoms in total. The quantitative estimate of drug-likeness (QED) is 0.506. The minimum absolute atomic E-state index is 0.162. The lowest BCUT2D eigenvalue weighted by molar-refractivity contribution is 0.806. The molecule has 2 heterocycles. The number of nitrogen functional groups attached to an aromatic ring is 1. The van der Waals surface area contributed by atoms with Gasteiger partial charge in [0.05, 0.1) is 0 Å². The molecule has 62 valence electrons. The Kier molecular flexibility index (Phi) is 1.15. The van der Waals surface area contributed by atoms with Crippen molar-refractivity contribution in [2.75, 3.05) is 5.73 Å². The van der Waals surface area contributed by atoms with Gasteiger partial charge in [-0.15, -0.1) is 10.2 Å². The van der Waals surface area contributed by atoms with Crippen molar-refractivity contribution in [1.82, 2.24) is 24.8 Å². The summed E-state index contributed by atoms with van der Waals surface area (Å²) in [7, 11) is 0. The Bertz CT molecular complexity index is 482.